The van der Waals surface area contributed by atoms with Crippen LogP contribution in [-0.2, 0) is 0 Å². The van der Waals surface area contributed by atoms with Gasteiger partial charge in [0.15, 0.2) is 0 Å². The van der Waals surface area contributed by atoms with Crippen LogP contribution in [0.3, 0.4) is 0 Å². The first kappa shape index (κ1) is 7.00. The second-order valence-electron chi connectivity index (χ2n) is 2.40. The summed E-state index contributed by atoms with van der Waals surface area (Å²) in [6.45, 7) is 9.38. The van der Waals surface area contributed by atoms with Gasteiger partial charge >= 0.3 is 0 Å². The molecule has 1 aliphatic rings. The van der Waals surface area contributed by atoms with Crippen molar-refractivity contribution in [3.63, 3.8) is 0 Å². The highest BCUT2D eigenvalue weighted by Gasteiger charge is 2.18. The smallest absolute Gasteiger partial charge is 0.0720 e. The molecule has 1 saturated heterocycles. The highest BCUT2D eigenvalue weighted by molar-refractivity contribution is 8.00. The van der Waals surface area contributed by atoms with E-state index in [9.17, 15) is 0 Å². The van der Waals surface area contributed by atoms with E-state index in [0.29, 0.717) is 5.37 Å². The zero-order chi connectivity index (χ0) is 6.85. The summed E-state index contributed by atoms with van der Waals surface area (Å²) in [5.41, 5.74) is 1.20. The molecule has 0 spiro atoms. The van der Waals surface area contributed by atoms with Crippen LogP contribution in [0.5, 0.6) is 0 Å². The van der Waals surface area contributed by atoms with Gasteiger partial charge in [-0.1, -0.05) is 6.58 Å². The summed E-state index contributed by atoms with van der Waals surface area (Å²) in [5, 5.41) is 0.655. The van der Waals surface area contributed by atoms with Crippen molar-refractivity contribution in [1.29, 1.82) is 0 Å². The average molecular weight is 143 g/mol. The standard InChI is InChI=1S/C7H13NS/c1-6(2)8-4-5-9-7(8)3/h7H,1,4-5H2,2-3H3. The van der Waals surface area contributed by atoms with Crippen LogP contribution in [0.2, 0.25) is 0 Å². The summed E-state index contributed by atoms with van der Waals surface area (Å²) in [5.74, 6) is 1.26. The number of hydrogen-bond acceptors (Lipinski definition) is 2. The van der Waals surface area contributed by atoms with E-state index in [4.69, 9.17) is 0 Å². The van der Waals surface area contributed by atoms with E-state index in [-0.39, 0.29) is 0 Å². The Morgan fingerprint density at radius 2 is 2.44 bits per heavy atom. The maximum atomic E-state index is 3.90. The molecule has 1 fully saturated rings. The van der Waals surface area contributed by atoms with Gasteiger partial charge in [-0.15, -0.1) is 11.8 Å². The monoisotopic (exact) mass is 143 g/mol. The molecule has 52 valence electrons. The summed E-state index contributed by atoms with van der Waals surface area (Å²) < 4.78 is 0. The van der Waals surface area contributed by atoms with Gasteiger partial charge in [-0.05, 0) is 13.8 Å². The minimum absolute atomic E-state index is 0.655. The van der Waals surface area contributed by atoms with Crippen molar-refractivity contribution in [3.8, 4) is 0 Å². The molecule has 0 bridgehead atoms. The maximum Gasteiger partial charge on any atom is 0.0720 e. The second-order valence-corrected chi connectivity index (χ2v) is 3.82. The molecule has 1 atom stereocenters. The van der Waals surface area contributed by atoms with Crippen molar-refractivity contribution in [1.82, 2.24) is 4.90 Å². The molecule has 0 radical (unpaired) electrons. The van der Waals surface area contributed by atoms with E-state index >= 15 is 0 Å². The Hall–Kier alpha value is -0.110. The van der Waals surface area contributed by atoms with Crippen LogP contribution in [0.25, 0.3) is 0 Å². The first-order chi connectivity index (χ1) is 4.22. The fourth-order valence-electron chi connectivity index (χ4n) is 1.09. The van der Waals surface area contributed by atoms with Gasteiger partial charge in [0.05, 0.1) is 5.37 Å². The third-order valence-corrected chi connectivity index (χ3v) is 2.78. The molecule has 0 aliphatic carbocycles. The molecule has 0 aromatic carbocycles. The number of nitrogens with zero attached hydrogens (tertiary/aromatic N) is 1. The minimum atomic E-state index is 0.655. The lowest BCUT2D eigenvalue weighted by molar-refractivity contribution is 0.380. The highest BCUT2D eigenvalue weighted by atomic mass is 32.2. The van der Waals surface area contributed by atoms with Crippen molar-refractivity contribution >= 4 is 11.8 Å². The first-order valence-electron chi connectivity index (χ1n) is 3.25. The summed E-state index contributed by atoms with van der Waals surface area (Å²) in [7, 11) is 0. The van der Waals surface area contributed by atoms with E-state index in [1.165, 1.54) is 18.0 Å². The van der Waals surface area contributed by atoms with Crippen molar-refractivity contribution in [3.05, 3.63) is 12.3 Å². The minimum Gasteiger partial charge on any atom is -0.363 e. The number of thioether (sulfide) groups is 1. The fourth-order valence-corrected chi connectivity index (χ4v) is 2.20. The number of rotatable bonds is 1. The van der Waals surface area contributed by atoms with Crippen LogP contribution in [-0.4, -0.2) is 22.6 Å². The molecule has 1 heterocycles. The topological polar surface area (TPSA) is 3.24 Å². The van der Waals surface area contributed by atoms with Crippen molar-refractivity contribution in [2.75, 3.05) is 12.3 Å². The zero-order valence-corrected chi connectivity index (χ0v) is 6.87. The molecule has 0 N–H and O–H groups in total. The lowest BCUT2D eigenvalue weighted by Crippen LogP contribution is -2.23. The van der Waals surface area contributed by atoms with Crippen LogP contribution in [0.1, 0.15) is 13.8 Å². The third-order valence-electron chi connectivity index (χ3n) is 1.62. The Bertz CT molecular complexity index is 122. The van der Waals surface area contributed by atoms with Gasteiger partial charge < -0.3 is 4.90 Å². The van der Waals surface area contributed by atoms with E-state index in [2.05, 4.69) is 25.3 Å². The molecule has 0 saturated carbocycles. The average Bonchev–Trinajstić information content (AvgIpc) is 2.13. The zero-order valence-electron chi connectivity index (χ0n) is 6.05. The molecule has 1 nitrogen and oxygen atoms in total. The number of hydrogen-bond donors (Lipinski definition) is 0. The van der Waals surface area contributed by atoms with Crippen molar-refractivity contribution < 1.29 is 0 Å². The maximum absolute atomic E-state index is 3.90. The summed E-state index contributed by atoms with van der Waals surface area (Å²) in [6.07, 6.45) is 0. The molecular formula is C7H13NS. The van der Waals surface area contributed by atoms with Crippen molar-refractivity contribution in [2.45, 2.75) is 19.2 Å². The second kappa shape index (κ2) is 2.65. The third kappa shape index (κ3) is 1.42. The van der Waals surface area contributed by atoms with Gasteiger partial charge in [0.25, 0.3) is 0 Å². The van der Waals surface area contributed by atoms with Crippen LogP contribution in [0.4, 0.5) is 0 Å². The molecule has 9 heavy (non-hydrogen) atoms. The Labute approximate surface area is 61.1 Å². The molecular weight excluding hydrogens is 130 g/mol. The fraction of sp³-hybridized carbons (Fsp3) is 0.714. The molecule has 0 aromatic heterocycles. The Kier molecular flexibility index (Phi) is 2.06. The molecule has 2 heteroatoms. The quantitative estimate of drug-likeness (QED) is 0.551. The van der Waals surface area contributed by atoms with Gasteiger partial charge in [0, 0.05) is 18.0 Å². The van der Waals surface area contributed by atoms with Crippen molar-refractivity contribution in [2.24, 2.45) is 0 Å². The van der Waals surface area contributed by atoms with Gasteiger partial charge in [0.2, 0.25) is 0 Å². The lowest BCUT2D eigenvalue weighted by atomic mass is 10.4. The first-order valence-corrected chi connectivity index (χ1v) is 4.30. The van der Waals surface area contributed by atoms with E-state index in [1.807, 2.05) is 11.8 Å². The van der Waals surface area contributed by atoms with Gasteiger partial charge in [-0.2, -0.15) is 0 Å². The van der Waals surface area contributed by atoms with Gasteiger partial charge in [-0.3, -0.25) is 0 Å². The van der Waals surface area contributed by atoms with Crippen LogP contribution in [0.15, 0.2) is 12.3 Å². The van der Waals surface area contributed by atoms with Crippen LogP contribution < -0.4 is 0 Å². The Morgan fingerprint density at radius 3 is 2.67 bits per heavy atom. The lowest BCUT2D eigenvalue weighted by Gasteiger charge is -2.21. The Morgan fingerprint density at radius 1 is 1.78 bits per heavy atom. The van der Waals surface area contributed by atoms with Gasteiger partial charge in [0.1, 0.15) is 0 Å². The summed E-state index contributed by atoms with van der Waals surface area (Å²) in [6, 6.07) is 0. The predicted octanol–water partition coefficient (Wildman–Crippen LogP) is 1.91. The normalized spacial score (nSPS) is 26.9. The largest absolute Gasteiger partial charge is 0.363 e. The van der Waals surface area contributed by atoms with Crippen LogP contribution >= 0.6 is 11.8 Å². The molecule has 0 amide bonds. The molecule has 1 rings (SSSR count). The molecule has 0 aromatic rings. The van der Waals surface area contributed by atoms with Gasteiger partial charge in [-0.25, -0.2) is 0 Å². The highest BCUT2D eigenvalue weighted by Crippen LogP contribution is 2.25. The summed E-state index contributed by atoms with van der Waals surface area (Å²) >= 11 is 2.00. The summed E-state index contributed by atoms with van der Waals surface area (Å²) in [4.78, 5) is 2.34. The molecule has 1 aliphatic heterocycles. The predicted molar refractivity (Wildman–Crippen MR) is 43.4 cm³/mol. The van der Waals surface area contributed by atoms with E-state index in [1.54, 1.807) is 0 Å². The SMILES string of the molecule is C=C(C)N1CCSC1C. The number of allylic oxidation sites excluding steroid dienone is 1. The Balaban J connectivity index is 2.49. The van der Waals surface area contributed by atoms with E-state index < -0.39 is 0 Å². The van der Waals surface area contributed by atoms with E-state index in [0.717, 1.165) is 0 Å². The molecule has 1 unspecified atom stereocenters. The van der Waals surface area contributed by atoms with Crippen LogP contribution in [0, 0.1) is 0 Å².